The molecule has 0 aromatic carbocycles. The number of carbonyl (C=O) groups excluding carboxylic acids is 1. The number of aliphatic hydroxyl groups is 1. The maximum absolute atomic E-state index is 12.3. The highest BCUT2D eigenvalue weighted by Gasteiger charge is 2.51. The number of amides is 1. The summed E-state index contributed by atoms with van der Waals surface area (Å²) in [5.74, 6) is -0.236. The molecule has 196 valence electrons. The number of phosphoric ester groups is 1. The molecule has 1 amide bonds. The number of nitrogens with zero attached hydrogens (tertiary/aromatic N) is 3. The Morgan fingerprint density at radius 1 is 1.40 bits per heavy atom. The van der Waals surface area contributed by atoms with Gasteiger partial charge in [-0.1, -0.05) is 4.98 Å². The molecule has 3 heterocycles. The molecule has 3 rings (SSSR count). The van der Waals surface area contributed by atoms with Crippen LogP contribution in [-0.2, 0) is 34.5 Å². The predicted octanol–water partition coefficient (Wildman–Crippen LogP) is -3.33. The number of imidazole rings is 1. The summed E-state index contributed by atoms with van der Waals surface area (Å²) in [4.78, 5) is 57.7. The van der Waals surface area contributed by atoms with Crippen LogP contribution in [-0.4, -0.2) is 78.4 Å². The minimum atomic E-state index is -5.40. The van der Waals surface area contributed by atoms with Gasteiger partial charge in [-0.15, -0.1) is 0 Å². The zero-order chi connectivity index (χ0) is 26.1. The van der Waals surface area contributed by atoms with E-state index >= 15 is 0 Å². The van der Waals surface area contributed by atoms with Gasteiger partial charge in [-0.25, -0.2) is 18.5 Å². The molecular weight excluding hydrogens is 520 g/mol. The number of nitrogen functional groups attached to an aromatic ring is 1. The Kier molecular flexibility index (Phi) is 7.97. The normalized spacial score (nSPS) is 24.4. The zero-order valence-corrected chi connectivity index (χ0v) is 19.7. The zero-order valence-electron chi connectivity index (χ0n) is 18.0. The van der Waals surface area contributed by atoms with Gasteiger partial charge in [0.2, 0.25) is 11.7 Å². The van der Waals surface area contributed by atoms with Gasteiger partial charge in [0, 0.05) is 13.1 Å². The number of anilines is 1. The third-order valence-electron chi connectivity index (χ3n) is 4.64. The Labute approximate surface area is 195 Å². The van der Waals surface area contributed by atoms with E-state index in [2.05, 4.69) is 24.1 Å². The Balaban J connectivity index is 1.92. The number of hydrogen-bond acceptors (Lipinski definition) is 12. The molecule has 5 atom stereocenters. The van der Waals surface area contributed by atoms with E-state index in [4.69, 9.17) is 30.7 Å². The van der Waals surface area contributed by atoms with Gasteiger partial charge in [0.15, 0.2) is 18.5 Å². The summed E-state index contributed by atoms with van der Waals surface area (Å²) in [6, 6.07) is 0. The molecule has 1 aliphatic heterocycles. The molecule has 2 aromatic heterocycles. The van der Waals surface area contributed by atoms with Crippen molar-refractivity contribution in [2.75, 3.05) is 25.4 Å². The fraction of sp³-hybridized carbons (Fsp3) is 0.571. The molecule has 0 saturated carbocycles. The Morgan fingerprint density at radius 3 is 2.71 bits per heavy atom. The molecule has 0 bridgehead atoms. The van der Waals surface area contributed by atoms with Crippen LogP contribution in [0.3, 0.4) is 0 Å². The van der Waals surface area contributed by atoms with Crippen LogP contribution in [0.1, 0.15) is 6.23 Å². The summed E-state index contributed by atoms with van der Waals surface area (Å²) >= 11 is 0. The van der Waals surface area contributed by atoms with Crippen molar-refractivity contribution in [2.24, 2.45) is 12.8 Å². The van der Waals surface area contributed by atoms with E-state index in [0.717, 1.165) is 0 Å². The SMILES string of the molecule is Cn1c[n+]([C@@H]2O[C@H](COP(=O)(O)OP(=O)(O)O)[C@@H](OC(=O)NCCN)[C@H]2O)c2nc(N)[nH]c(=O)c21. The molecule has 0 spiro atoms. The number of hydrogen-bond donors (Lipinski definition) is 8. The first kappa shape index (κ1) is 27.2. The van der Waals surface area contributed by atoms with E-state index in [9.17, 15) is 28.7 Å². The molecule has 0 aliphatic carbocycles. The lowest BCUT2D eigenvalue weighted by molar-refractivity contribution is -0.745. The fourth-order valence-electron chi connectivity index (χ4n) is 3.35. The highest BCUT2D eigenvalue weighted by Crippen LogP contribution is 2.57. The van der Waals surface area contributed by atoms with E-state index < -0.39 is 58.4 Å². The topological polar surface area (TPSA) is 288 Å². The van der Waals surface area contributed by atoms with Crippen molar-refractivity contribution >= 4 is 38.9 Å². The van der Waals surface area contributed by atoms with Crippen LogP contribution in [0.4, 0.5) is 10.7 Å². The van der Waals surface area contributed by atoms with Crippen molar-refractivity contribution in [1.29, 1.82) is 0 Å². The number of rotatable bonds is 9. The number of aromatic nitrogens is 4. The summed E-state index contributed by atoms with van der Waals surface area (Å²) in [6.07, 6.45) is -5.70. The lowest BCUT2D eigenvalue weighted by Gasteiger charge is -2.21. The van der Waals surface area contributed by atoms with Gasteiger partial charge >= 0.3 is 27.4 Å². The maximum Gasteiger partial charge on any atom is 0.481 e. The smallest absolute Gasteiger partial charge is 0.440 e. The van der Waals surface area contributed by atoms with E-state index in [0.29, 0.717) is 0 Å². The second kappa shape index (κ2) is 10.3. The molecule has 1 aliphatic rings. The van der Waals surface area contributed by atoms with E-state index in [1.807, 2.05) is 0 Å². The second-order valence-corrected chi connectivity index (χ2v) is 10.1. The number of phosphoric acid groups is 2. The number of alkyl carbamates (subject to hydrolysis) is 1. The number of nitrogens with one attached hydrogen (secondary N) is 2. The molecular formula is C14H24N7O12P2+. The minimum Gasteiger partial charge on any atom is -0.440 e. The van der Waals surface area contributed by atoms with Crippen molar-refractivity contribution in [2.45, 2.75) is 24.5 Å². The summed E-state index contributed by atoms with van der Waals surface area (Å²) in [7, 11) is -9.18. The first-order chi connectivity index (χ1) is 16.2. The third-order valence-corrected chi connectivity index (χ3v) is 6.79. The Bertz CT molecular complexity index is 1240. The van der Waals surface area contributed by atoms with Gasteiger partial charge in [-0.2, -0.15) is 4.31 Å². The van der Waals surface area contributed by atoms with Crippen molar-refractivity contribution < 1.29 is 56.6 Å². The van der Waals surface area contributed by atoms with Crippen LogP contribution < -0.4 is 26.9 Å². The number of carbonyl (C=O) groups is 1. The molecule has 1 saturated heterocycles. The number of H-pyrrole nitrogens is 1. The van der Waals surface area contributed by atoms with Gasteiger partial charge in [0.05, 0.1) is 13.7 Å². The predicted molar refractivity (Wildman–Crippen MR) is 112 cm³/mol. The third kappa shape index (κ3) is 6.42. The van der Waals surface area contributed by atoms with Crippen LogP contribution in [0.15, 0.2) is 11.1 Å². The molecule has 35 heavy (non-hydrogen) atoms. The molecule has 21 heteroatoms. The fourth-order valence-corrected chi connectivity index (χ4v) is 4.95. The van der Waals surface area contributed by atoms with Crippen LogP contribution in [0, 0.1) is 0 Å². The summed E-state index contributed by atoms with van der Waals surface area (Å²) in [5, 5.41) is 13.2. The monoisotopic (exact) mass is 544 g/mol. The van der Waals surface area contributed by atoms with Gasteiger partial charge in [0.1, 0.15) is 6.10 Å². The number of ether oxygens (including phenoxy) is 2. The summed E-state index contributed by atoms with van der Waals surface area (Å²) < 4.78 is 44.4. The van der Waals surface area contributed by atoms with Crippen LogP contribution in [0.2, 0.25) is 0 Å². The number of aliphatic hydroxyl groups excluding tert-OH is 1. The van der Waals surface area contributed by atoms with E-state index in [1.165, 1.54) is 22.5 Å². The molecule has 0 radical (unpaired) electrons. The highest BCUT2D eigenvalue weighted by molar-refractivity contribution is 7.60. The average Bonchev–Trinajstić information content (AvgIpc) is 3.20. The summed E-state index contributed by atoms with van der Waals surface area (Å²) in [6.45, 7) is -0.814. The largest absolute Gasteiger partial charge is 0.481 e. The van der Waals surface area contributed by atoms with Crippen molar-refractivity contribution in [3.8, 4) is 0 Å². The van der Waals surface area contributed by atoms with Crippen molar-refractivity contribution in [3.63, 3.8) is 0 Å². The van der Waals surface area contributed by atoms with Crippen LogP contribution in [0.25, 0.3) is 11.2 Å². The summed E-state index contributed by atoms with van der Waals surface area (Å²) in [5.41, 5.74) is 10.4. The van der Waals surface area contributed by atoms with Crippen molar-refractivity contribution in [3.05, 3.63) is 16.7 Å². The van der Waals surface area contributed by atoms with Crippen molar-refractivity contribution in [1.82, 2.24) is 19.9 Å². The molecule has 10 N–H and O–H groups in total. The van der Waals surface area contributed by atoms with E-state index in [1.54, 1.807) is 0 Å². The van der Waals surface area contributed by atoms with Gasteiger partial charge < -0.3 is 46.0 Å². The van der Waals surface area contributed by atoms with Gasteiger partial charge in [0.25, 0.3) is 11.5 Å². The van der Waals surface area contributed by atoms with Crippen LogP contribution in [0.5, 0.6) is 0 Å². The molecule has 1 unspecified atom stereocenters. The standard InChI is InChI=1S/C14H23N7O12P2/c1-20-5-21(10-7(20)11(23)19-13(16)18-10)12-8(22)9(32-14(24)17-3-2-15)6(31-12)4-30-35(28,29)33-34(25,26)27/h5-6,8-9,12,22H,2-4,15H2,1H3,(H6-,16,17,18,19,23,24,25,26,27,28,29)/p+1/t6-,8-,9-,12-/m1/s1. The first-order valence-electron chi connectivity index (χ1n) is 9.70. The number of aryl methyl sites for hydroxylation is 1. The Hall–Kier alpha value is -2.44. The minimum absolute atomic E-state index is 0.0108. The number of fused-ring (bicyclic) bond motifs is 1. The van der Waals surface area contributed by atoms with Gasteiger partial charge in [-0.3, -0.25) is 18.9 Å². The maximum atomic E-state index is 12.3. The number of aromatic amines is 1. The number of nitrogens with two attached hydrogens (primary N) is 2. The molecule has 19 nitrogen and oxygen atoms in total. The quantitative estimate of drug-likeness (QED) is 0.113. The van der Waals surface area contributed by atoms with Gasteiger partial charge in [-0.05, 0) is 0 Å². The molecule has 1 fully saturated rings. The highest BCUT2D eigenvalue weighted by atomic mass is 31.3. The Morgan fingerprint density at radius 2 is 2.09 bits per heavy atom. The van der Waals surface area contributed by atoms with E-state index in [-0.39, 0.29) is 30.2 Å². The lowest BCUT2D eigenvalue weighted by atomic mass is 10.1. The van der Waals surface area contributed by atoms with Crippen LogP contribution >= 0.6 is 15.6 Å². The first-order valence-corrected chi connectivity index (χ1v) is 12.7. The second-order valence-electron chi connectivity index (χ2n) is 7.23. The average molecular weight is 544 g/mol. The lowest BCUT2D eigenvalue weighted by Crippen LogP contribution is -2.47. The molecule has 2 aromatic rings.